The van der Waals surface area contributed by atoms with Crippen LogP contribution in [0.3, 0.4) is 0 Å². The smallest absolute Gasteiger partial charge is 0.333 e. The third-order valence-corrected chi connectivity index (χ3v) is 3.43. The molecular weight excluding hydrogens is 320 g/mol. The molecule has 0 unspecified atom stereocenters. The van der Waals surface area contributed by atoms with Crippen molar-refractivity contribution in [2.24, 2.45) is 0 Å². The molecule has 1 saturated carbocycles. The average Bonchev–Trinajstić information content (AvgIpc) is 3.13. The van der Waals surface area contributed by atoms with Gasteiger partial charge >= 0.3 is 11.9 Å². The standard InChI is InChI=1S/C11H12O3.C9H14O2/c1-2-11(12)14-9-8-13-10-6-4-3-5-7-10;1-7(2)9(10)11-8-5-3-4-6-8/h2-7H,1,8-9H2;8H,1,3-6H2,2H3. The molecular formula is C20H26O5. The topological polar surface area (TPSA) is 61.8 Å². The summed E-state index contributed by atoms with van der Waals surface area (Å²) in [5.41, 5.74) is 0.497. The van der Waals surface area contributed by atoms with Crippen molar-refractivity contribution >= 4 is 11.9 Å². The highest BCUT2D eigenvalue weighted by molar-refractivity contribution is 5.87. The van der Waals surface area contributed by atoms with E-state index in [2.05, 4.69) is 13.2 Å². The van der Waals surface area contributed by atoms with Crippen LogP contribution in [0.1, 0.15) is 32.6 Å². The zero-order valence-corrected chi connectivity index (χ0v) is 14.7. The SMILES string of the molecule is C=C(C)C(=O)OC1CCCC1.C=CC(=O)OCCOc1ccccc1. The van der Waals surface area contributed by atoms with Gasteiger partial charge < -0.3 is 14.2 Å². The molecule has 25 heavy (non-hydrogen) atoms. The van der Waals surface area contributed by atoms with Crippen LogP contribution in [0.15, 0.2) is 55.1 Å². The summed E-state index contributed by atoms with van der Waals surface area (Å²) in [5.74, 6) is 0.0979. The molecule has 0 N–H and O–H groups in total. The Morgan fingerprint density at radius 3 is 2.36 bits per heavy atom. The molecule has 1 aromatic rings. The van der Waals surface area contributed by atoms with Gasteiger partial charge in [-0.3, -0.25) is 0 Å². The van der Waals surface area contributed by atoms with Gasteiger partial charge in [0.15, 0.2) is 0 Å². The lowest BCUT2D eigenvalue weighted by Crippen LogP contribution is -2.14. The van der Waals surface area contributed by atoms with Crippen molar-refractivity contribution in [3.63, 3.8) is 0 Å². The fourth-order valence-electron chi connectivity index (χ4n) is 2.14. The molecule has 1 fully saturated rings. The summed E-state index contributed by atoms with van der Waals surface area (Å²) in [7, 11) is 0. The fourth-order valence-corrected chi connectivity index (χ4v) is 2.14. The summed E-state index contributed by atoms with van der Waals surface area (Å²) in [4.78, 5) is 21.6. The molecule has 0 heterocycles. The Hall–Kier alpha value is -2.56. The number of hydrogen-bond acceptors (Lipinski definition) is 5. The van der Waals surface area contributed by atoms with Crippen LogP contribution in [-0.2, 0) is 19.1 Å². The second-order valence-electron chi connectivity index (χ2n) is 5.63. The molecule has 0 spiro atoms. The van der Waals surface area contributed by atoms with Gasteiger partial charge in [0.2, 0.25) is 0 Å². The minimum atomic E-state index is -0.429. The average molecular weight is 346 g/mol. The summed E-state index contributed by atoms with van der Waals surface area (Å²) in [5, 5.41) is 0. The first-order valence-corrected chi connectivity index (χ1v) is 8.36. The molecule has 136 valence electrons. The number of para-hydroxylation sites is 1. The number of benzene rings is 1. The number of ether oxygens (including phenoxy) is 3. The van der Waals surface area contributed by atoms with Crippen LogP contribution in [0.2, 0.25) is 0 Å². The number of carbonyl (C=O) groups is 2. The summed E-state index contributed by atoms with van der Waals surface area (Å²) in [6.45, 7) is 9.07. The minimum absolute atomic E-state index is 0.166. The summed E-state index contributed by atoms with van der Waals surface area (Å²) in [6.07, 6.45) is 5.72. The Kier molecular flexibility index (Phi) is 9.75. The predicted octanol–water partition coefficient (Wildman–Crippen LogP) is 3.84. The highest BCUT2D eigenvalue weighted by atomic mass is 16.6. The Labute approximate surface area is 149 Å². The molecule has 0 atom stereocenters. The van der Waals surface area contributed by atoms with E-state index in [1.165, 1.54) is 12.8 Å². The quantitative estimate of drug-likeness (QED) is 0.426. The van der Waals surface area contributed by atoms with Gasteiger partial charge in [-0.2, -0.15) is 0 Å². The molecule has 1 aromatic carbocycles. The van der Waals surface area contributed by atoms with Crippen molar-refractivity contribution in [1.82, 2.24) is 0 Å². The van der Waals surface area contributed by atoms with Gasteiger partial charge in [0.25, 0.3) is 0 Å². The van der Waals surface area contributed by atoms with Crippen LogP contribution in [-0.4, -0.2) is 31.3 Å². The van der Waals surface area contributed by atoms with E-state index in [-0.39, 0.29) is 18.7 Å². The van der Waals surface area contributed by atoms with Gasteiger partial charge in [-0.15, -0.1) is 0 Å². The van der Waals surface area contributed by atoms with E-state index in [0.717, 1.165) is 24.7 Å². The summed E-state index contributed by atoms with van der Waals surface area (Å²) >= 11 is 0. The van der Waals surface area contributed by atoms with Crippen LogP contribution >= 0.6 is 0 Å². The number of esters is 2. The van der Waals surface area contributed by atoms with Gasteiger partial charge in [-0.1, -0.05) is 31.4 Å². The van der Waals surface area contributed by atoms with E-state index < -0.39 is 5.97 Å². The Morgan fingerprint density at radius 2 is 1.80 bits per heavy atom. The Bertz CT molecular complexity index is 559. The molecule has 0 amide bonds. The van der Waals surface area contributed by atoms with E-state index in [1.54, 1.807) is 6.92 Å². The maximum atomic E-state index is 11.0. The highest BCUT2D eigenvalue weighted by Gasteiger charge is 2.18. The zero-order chi connectivity index (χ0) is 18.5. The van der Waals surface area contributed by atoms with Crippen LogP contribution < -0.4 is 4.74 Å². The predicted molar refractivity (Wildman–Crippen MR) is 96.3 cm³/mol. The first-order chi connectivity index (χ1) is 12.0. The van der Waals surface area contributed by atoms with Crippen molar-refractivity contribution in [3.8, 4) is 5.75 Å². The van der Waals surface area contributed by atoms with E-state index in [9.17, 15) is 9.59 Å². The first-order valence-electron chi connectivity index (χ1n) is 8.36. The molecule has 1 aliphatic carbocycles. The lowest BCUT2D eigenvalue weighted by molar-refractivity contribution is -0.144. The maximum absolute atomic E-state index is 11.0. The van der Waals surface area contributed by atoms with Crippen LogP contribution in [0.5, 0.6) is 5.75 Å². The zero-order valence-electron chi connectivity index (χ0n) is 14.7. The number of rotatable bonds is 7. The van der Waals surface area contributed by atoms with Crippen molar-refractivity contribution in [3.05, 3.63) is 55.1 Å². The molecule has 0 saturated heterocycles. The molecule has 5 heteroatoms. The molecule has 0 radical (unpaired) electrons. The van der Waals surface area contributed by atoms with Gasteiger partial charge in [0, 0.05) is 11.6 Å². The fraction of sp³-hybridized carbons (Fsp3) is 0.400. The lowest BCUT2D eigenvalue weighted by atomic mass is 10.3. The molecule has 0 bridgehead atoms. The minimum Gasteiger partial charge on any atom is -0.490 e. The molecule has 0 aromatic heterocycles. The monoisotopic (exact) mass is 346 g/mol. The molecule has 0 aliphatic heterocycles. The lowest BCUT2D eigenvalue weighted by Gasteiger charge is -2.10. The van der Waals surface area contributed by atoms with Crippen LogP contribution in [0.4, 0.5) is 0 Å². The van der Waals surface area contributed by atoms with E-state index in [0.29, 0.717) is 12.2 Å². The van der Waals surface area contributed by atoms with Gasteiger partial charge in [-0.05, 0) is 44.7 Å². The number of carbonyl (C=O) groups excluding carboxylic acids is 2. The Balaban J connectivity index is 0.000000257. The van der Waals surface area contributed by atoms with E-state index in [1.807, 2.05) is 30.3 Å². The number of hydrogen-bond donors (Lipinski definition) is 0. The van der Waals surface area contributed by atoms with E-state index in [4.69, 9.17) is 14.2 Å². The second kappa shape index (κ2) is 11.9. The largest absolute Gasteiger partial charge is 0.490 e. The van der Waals surface area contributed by atoms with Crippen molar-refractivity contribution in [2.75, 3.05) is 13.2 Å². The first kappa shape index (κ1) is 20.5. The summed E-state index contributed by atoms with van der Waals surface area (Å²) < 4.78 is 15.2. The van der Waals surface area contributed by atoms with Crippen molar-refractivity contribution in [2.45, 2.75) is 38.7 Å². The van der Waals surface area contributed by atoms with Crippen molar-refractivity contribution < 1.29 is 23.8 Å². The second-order valence-corrected chi connectivity index (χ2v) is 5.63. The maximum Gasteiger partial charge on any atom is 0.333 e. The van der Waals surface area contributed by atoms with Crippen LogP contribution in [0, 0.1) is 0 Å². The highest BCUT2D eigenvalue weighted by Crippen LogP contribution is 2.21. The third kappa shape index (κ3) is 9.35. The Morgan fingerprint density at radius 1 is 1.16 bits per heavy atom. The van der Waals surface area contributed by atoms with E-state index >= 15 is 0 Å². The molecule has 5 nitrogen and oxygen atoms in total. The third-order valence-electron chi connectivity index (χ3n) is 3.43. The van der Waals surface area contributed by atoms with Crippen molar-refractivity contribution in [1.29, 1.82) is 0 Å². The molecule has 1 aliphatic rings. The normalized spacial score (nSPS) is 13.2. The summed E-state index contributed by atoms with van der Waals surface area (Å²) in [6, 6.07) is 9.35. The molecule has 2 rings (SSSR count). The van der Waals surface area contributed by atoms with Gasteiger partial charge in [0.05, 0.1) is 0 Å². The van der Waals surface area contributed by atoms with Crippen LogP contribution in [0.25, 0.3) is 0 Å². The van der Waals surface area contributed by atoms with Gasteiger partial charge in [-0.25, -0.2) is 9.59 Å². The van der Waals surface area contributed by atoms with Gasteiger partial charge in [0.1, 0.15) is 25.1 Å².